The first-order chi connectivity index (χ1) is 11.7. The van der Waals surface area contributed by atoms with Crippen LogP contribution < -0.4 is 16.4 Å². The van der Waals surface area contributed by atoms with Gasteiger partial charge in [0.05, 0.1) is 6.10 Å². The molecule has 4 N–H and O–H groups in total. The number of hydrogen-bond acceptors (Lipinski definition) is 4. The Morgan fingerprint density at radius 1 is 1.19 bits per heavy atom. The van der Waals surface area contributed by atoms with Gasteiger partial charge in [-0.15, -0.1) is 12.4 Å². The van der Waals surface area contributed by atoms with E-state index in [2.05, 4.69) is 10.6 Å². The van der Waals surface area contributed by atoms with Crippen LogP contribution in [0.5, 0.6) is 0 Å². The molecule has 1 saturated carbocycles. The zero-order chi connectivity index (χ0) is 18.7. The van der Waals surface area contributed by atoms with Gasteiger partial charge in [0.25, 0.3) is 5.91 Å². The van der Waals surface area contributed by atoms with Gasteiger partial charge in [0.1, 0.15) is 5.54 Å². The lowest BCUT2D eigenvalue weighted by Crippen LogP contribution is -2.75. The largest absolute Gasteiger partial charge is 0.378 e. The number of carbonyl (C=O) groups is 2. The number of halogens is 1. The average Bonchev–Trinajstić information content (AvgIpc) is 2.58. The minimum atomic E-state index is -0.937. The molecule has 0 heterocycles. The van der Waals surface area contributed by atoms with Crippen molar-refractivity contribution in [3.05, 3.63) is 35.4 Å². The van der Waals surface area contributed by atoms with Crippen molar-refractivity contribution in [2.45, 2.75) is 45.8 Å². The molecule has 1 aliphatic carbocycles. The molecule has 6 nitrogen and oxygen atoms in total. The van der Waals surface area contributed by atoms with E-state index in [-0.39, 0.29) is 30.3 Å². The van der Waals surface area contributed by atoms with E-state index in [1.165, 1.54) is 0 Å². The number of nitrogens with one attached hydrogen (secondary N) is 2. The lowest BCUT2D eigenvalue weighted by molar-refractivity contribution is -0.170. The quantitative estimate of drug-likeness (QED) is 0.626. The number of nitrogens with two attached hydrogens (primary N) is 1. The number of rotatable bonds is 7. The summed E-state index contributed by atoms with van der Waals surface area (Å²) < 4.78 is 5.64. The molecule has 2 rings (SSSR count). The summed E-state index contributed by atoms with van der Waals surface area (Å²) in [5.41, 5.74) is 6.66. The van der Waals surface area contributed by atoms with Gasteiger partial charge in [0.15, 0.2) is 0 Å². The maximum Gasteiger partial charge on any atom is 0.251 e. The molecule has 0 aromatic heterocycles. The van der Waals surface area contributed by atoms with Crippen LogP contribution in [-0.2, 0) is 9.53 Å². The molecule has 0 spiro atoms. The first-order valence-electron chi connectivity index (χ1n) is 8.76. The Kier molecular flexibility index (Phi) is 7.62. The maximum absolute atomic E-state index is 12.5. The lowest BCUT2D eigenvalue weighted by atomic mass is 9.54. The zero-order valence-electron chi connectivity index (χ0n) is 15.9. The minimum Gasteiger partial charge on any atom is -0.378 e. The number of amides is 2. The number of aryl methyl sites for hydroxylation is 1. The van der Waals surface area contributed by atoms with Crippen LogP contribution in [0.15, 0.2) is 24.3 Å². The molecule has 26 heavy (non-hydrogen) atoms. The smallest absolute Gasteiger partial charge is 0.251 e. The molecule has 0 bridgehead atoms. The number of benzene rings is 1. The fourth-order valence-electron chi connectivity index (χ4n) is 3.14. The van der Waals surface area contributed by atoms with Crippen LogP contribution in [0.2, 0.25) is 0 Å². The van der Waals surface area contributed by atoms with Gasteiger partial charge in [-0.05, 0) is 26.0 Å². The molecule has 7 heteroatoms. The van der Waals surface area contributed by atoms with E-state index in [1.54, 1.807) is 12.1 Å². The van der Waals surface area contributed by atoms with Gasteiger partial charge in [-0.3, -0.25) is 9.59 Å². The van der Waals surface area contributed by atoms with Crippen molar-refractivity contribution in [2.24, 2.45) is 11.1 Å². The lowest BCUT2D eigenvalue weighted by Gasteiger charge is -2.57. The topological polar surface area (TPSA) is 93.4 Å². The molecule has 0 saturated heterocycles. The van der Waals surface area contributed by atoms with Gasteiger partial charge in [0.2, 0.25) is 5.91 Å². The van der Waals surface area contributed by atoms with Crippen LogP contribution >= 0.6 is 12.4 Å². The summed E-state index contributed by atoms with van der Waals surface area (Å²) in [6.07, 6.45) is 0.504. The predicted molar refractivity (Wildman–Crippen MR) is 105 cm³/mol. The van der Waals surface area contributed by atoms with Crippen molar-refractivity contribution >= 4 is 24.2 Å². The van der Waals surface area contributed by atoms with Gasteiger partial charge in [0, 0.05) is 37.1 Å². The van der Waals surface area contributed by atoms with E-state index in [0.29, 0.717) is 31.7 Å². The second-order valence-corrected chi connectivity index (χ2v) is 7.22. The average molecular weight is 384 g/mol. The molecule has 1 fully saturated rings. The minimum absolute atomic E-state index is 0. The third-order valence-electron chi connectivity index (χ3n) is 5.25. The van der Waals surface area contributed by atoms with Crippen LogP contribution in [0, 0.1) is 12.3 Å². The van der Waals surface area contributed by atoms with E-state index in [9.17, 15) is 9.59 Å². The Bertz CT molecular complexity index is 633. The second kappa shape index (κ2) is 8.84. The summed E-state index contributed by atoms with van der Waals surface area (Å²) in [5.74, 6) is -0.352. The summed E-state index contributed by atoms with van der Waals surface area (Å²) >= 11 is 0. The Hall–Kier alpha value is -1.63. The van der Waals surface area contributed by atoms with E-state index < -0.39 is 11.0 Å². The SMILES string of the molecule is CCOC1CC(N)(C(=O)NCCNC(=O)c2ccc(C)cc2)C1(C)C.Cl. The highest BCUT2D eigenvalue weighted by molar-refractivity contribution is 5.94. The monoisotopic (exact) mass is 383 g/mol. The van der Waals surface area contributed by atoms with Crippen molar-refractivity contribution in [2.75, 3.05) is 19.7 Å². The first-order valence-corrected chi connectivity index (χ1v) is 8.76. The van der Waals surface area contributed by atoms with Crippen LogP contribution in [0.1, 0.15) is 43.1 Å². The van der Waals surface area contributed by atoms with E-state index in [4.69, 9.17) is 10.5 Å². The van der Waals surface area contributed by atoms with Crippen molar-refractivity contribution in [3.8, 4) is 0 Å². The van der Waals surface area contributed by atoms with Crippen LogP contribution in [0.3, 0.4) is 0 Å². The molecule has 146 valence electrons. The summed E-state index contributed by atoms with van der Waals surface area (Å²) in [4.78, 5) is 24.5. The normalized spacial score (nSPS) is 23.3. The zero-order valence-corrected chi connectivity index (χ0v) is 16.7. The Morgan fingerprint density at radius 3 is 2.31 bits per heavy atom. The molecular formula is C19H30ClN3O3. The standard InChI is InChI=1S/C19H29N3O3.ClH/c1-5-25-15-12-19(20,18(15,3)4)17(24)22-11-10-21-16(23)14-8-6-13(2)7-9-14;/h6-9,15H,5,10-12,20H2,1-4H3,(H,21,23)(H,22,24);1H. The molecule has 0 radical (unpaired) electrons. The third kappa shape index (κ3) is 4.37. The van der Waals surface area contributed by atoms with Gasteiger partial charge in [-0.2, -0.15) is 0 Å². The molecule has 0 aliphatic heterocycles. The molecule has 1 aromatic rings. The summed E-state index contributed by atoms with van der Waals surface area (Å²) in [5, 5.41) is 5.62. The summed E-state index contributed by atoms with van der Waals surface area (Å²) in [6.45, 7) is 9.11. The van der Waals surface area contributed by atoms with Gasteiger partial charge >= 0.3 is 0 Å². The van der Waals surface area contributed by atoms with Gasteiger partial charge in [-0.25, -0.2) is 0 Å². The van der Waals surface area contributed by atoms with Gasteiger partial charge in [-0.1, -0.05) is 31.5 Å². The number of carbonyl (C=O) groups excluding carboxylic acids is 2. The van der Waals surface area contributed by atoms with Crippen LogP contribution in [0.25, 0.3) is 0 Å². The van der Waals surface area contributed by atoms with E-state index in [0.717, 1.165) is 5.56 Å². The summed E-state index contributed by atoms with van der Waals surface area (Å²) in [6, 6.07) is 7.34. The second-order valence-electron chi connectivity index (χ2n) is 7.22. The summed E-state index contributed by atoms with van der Waals surface area (Å²) in [7, 11) is 0. The maximum atomic E-state index is 12.5. The van der Waals surface area contributed by atoms with Crippen molar-refractivity contribution in [1.29, 1.82) is 0 Å². The Labute approximate surface area is 161 Å². The fraction of sp³-hybridized carbons (Fsp3) is 0.579. The predicted octanol–water partition coefficient (Wildman–Crippen LogP) is 1.80. The molecule has 1 aromatic carbocycles. The molecule has 2 amide bonds. The highest BCUT2D eigenvalue weighted by Gasteiger charge is 2.62. The fourth-order valence-corrected chi connectivity index (χ4v) is 3.14. The molecular weight excluding hydrogens is 354 g/mol. The van der Waals surface area contributed by atoms with E-state index in [1.807, 2.05) is 39.8 Å². The van der Waals surface area contributed by atoms with Crippen LogP contribution in [-0.4, -0.2) is 43.2 Å². The number of hydrogen-bond donors (Lipinski definition) is 3. The van der Waals surface area contributed by atoms with E-state index >= 15 is 0 Å². The first kappa shape index (κ1) is 22.4. The van der Waals surface area contributed by atoms with Crippen molar-refractivity contribution in [1.82, 2.24) is 10.6 Å². The van der Waals surface area contributed by atoms with Crippen LogP contribution in [0.4, 0.5) is 0 Å². The number of ether oxygens (including phenoxy) is 1. The third-order valence-corrected chi connectivity index (χ3v) is 5.25. The highest BCUT2D eigenvalue weighted by atomic mass is 35.5. The molecule has 2 unspecified atom stereocenters. The Morgan fingerprint density at radius 2 is 1.77 bits per heavy atom. The van der Waals surface area contributed by atoms with Gasteiger partial charge < -0.3 is 21.1 Å². The molecule has 2 atom stereocenters. The highest BCUT2D eigenvalue weighted by Crippen LogP contribution is 2.49. The van der Waals surface area contributed by atoms with Crippen molar-refractivity contribution in [3.63, 3.8) is 0 Å². The molecule has 1 aliphatic rings. The Balaban J connectivity index is 0.00000338. The van der Waals surface area contributed by atoms with Crippen molar-refractivity contribution < 1.29 is 14.3 Å².